The highest BCUT2D eigenvalue weighted by Crippen LogP contribution is 2.25. The third kappa shape index (κ3) is 3.86. The minimum absolute atomic E-state index is 0.137. The molecule has 3 rings (SSSR count). The van der Waals surface area contributed by atoms with Gasteiger partial charge in [-0.15, -0.1) is 0 Å². The number of amides is 2. The fraction of sp³-hybridized carbons (Fsp3) is 0.118. The van der Waals surface area contributed by atoms with Crippen LogP contribution in [-0.2, 0) is 9.53 Å². The van der Waals surface area contributed by atoms with E-state index >= 15 is 0 Å². The molecular weight excluding hydrogens is 324 g/mol. The lowest BCUT2D eigenvalue weighted by Gasteiger charge is -2.08. The van der Waals surface area contributed by atoms with Gasteiger partial charge in [-0.05, 0) is 36.4 Å². The Balaban J connectivity index is 1.83. The van der Waals surface area contributed by atoms with E-state index in [1.165, 1.54) is 14.0 Å². The molecule has 3 aromatic rings. The van der Waals surface area contributed by atoms with Gasteiger partial charge in [-0.3, -0.25) is 14.5 Å². The van der Waals surface area contributed by atoms with Crippen molar-refractivity contribution in [1.29, 1.82) is 0 Å². The number of aromatic nitrogens is 2. The van der Waals surface area contributed by atoms with Crippen LogP contribution >= 0.6 is 0 Å². The van der Waals surface area contributed by atoms with E-state index in [0.29, 0.717) is 28.8 Å². The van der Waals surface area contributed by atoms with Gasteiger partial charge in [0, 0.05) is 12.6 Å². The van der Waals surface area contributed by atoms with E-state index < -0.39 is 6.09 Å². The van der Waals surface area contributed by atoms with Crippen LogP contribution in [0.3, 0.4) is 0 Å². The van der Waals surface area contributed by atoms with E-state index in [9.17, 15) is 9.59 Å². The number of nitrogens with one attached hydrogen (secondary N) is 2. The number of carbonyl (C=O) groups excluding carboxylic acids is 2. The summed E-state index contributed by atoms with van der Waals surface area (Å²) in [5.74, 6) is 1.33. The first-order valence-electron chi connectivity index (χ1n) is 7.44. The smallest absolute Gasteiger partial charge is 0.412 e. The molecule has 1 aromatic carbocycles. The average Bonchev–Trinajstić information content (AvgIpc) is 2.99. The van der Waals surface area contributed by atoms with Gasteiger partial charge in [-0.1, -0.05) is 6.07 Å². The number of ether oxygens (including phenoxy) is 2. The van der Waals surface area contributed by atoms with Crippen LogP contribution in [0.2, 0.25) is 0 Å². The van der Waals surface area contributed by atoms with Crippen molar-refractivity contribution in [2.24, 2.45) is 0 Å². The van der Waals surface area contributed by atoms with Crippen molar-refractivity contribution in [3.05, 3.63) is 48.7 Å². The highest BCUT2D eigenvalue weighted by molar-refractivity contribution is 5.88. The summed E-state index contributed by atoms with van der Waals surface area (Å²) in [4.78, 5) is 26.6. The molecule has 2 aromatic heterocycles. The molecule has 0 saturated heterocycles. The van der Waals surface area contributed by atoms with Gasteiger partial charge in [0.05, 0.1) is 13.3 Å². The molecule has 0 aliphatic rings. The van der Waals surface area contributed by atoms with Crippen molar-refractivity contribution in [3.63, 3.8) is 0 Å². The molecule has 0 aliphatic heterocycles. The minimum Gasteiger partial charge on any atom is -0.453 e. The normalized spacial score (nSPS) is 10.3. The zero-order chi connectivity index (χ0) is 17.8. The van der Waals surface area contributed by atoms with E-state index in [1.807, 2.05) is 0 Å². The van der Waals surface area contributed by atoms with Gasteiger partial charge in [0.1, 0.15) is 11.4 Å². The highest BCUT2D eigenvalue weighted by atomic mass is 16.5. The largest absolute Gasteiger partial charge is 0.453 e. The molecular formula is C17H16N4O4. The van der Waals surface area contributed by atoms with Gasteiger partial charge < -0.3 is 14.8 Å². The Hall–Kier alpha value is -3.55. The summed E-state index contributed by atoms with van der Waals surface area (Å²) in [6, 6.07) is 12.3. The van der Waals surface area contributed by atoms with E-state index in [1.54, 1.807) is 53.1 Å². The van der Waals surface area contributed by atoms with Crippen LogP contribution in [0.4, 0.5) is 16.3 Å². The first-order valence-corrected chi connectivity index (χ1v) is 7.44. The molecule has 8 nitrogen and oxygen atoms in total. The Bertz CT molecular complexity index is 918. The van der Waals surface area contributed by atoms with Crippen molar-refractivity contribution in [2.75, 3.05) is 17.7 Å². The summed E-state index contributed by atoms with van der Waals surface area (Å²) in [6.45, 7) is 1.45. The summed E-state index contributed by atoms with van der Waals surface area (Å²) in [5.41, 5.74) is 1.30. The lowest BCUT2D eigenvalue weighted by atomic mass is 10.3. The second kappa shape index (κ2) is 6.91. The minimum atomic E-state index is -0.598. The van der Waals surface area contributed by atoms with Crippen molar-refractivity contribution in [2.45, 2.75) is 6.92 Å². The van der Waals surface area contributed by atoms with Crippen LogP contribution in [0, 0.1) is 0 Å². The monoisotopic (exact) mass is 340 g/mol. The quantitative estimate of drug-likeness (QED) is 0.760. The van der Waals surface area contributed by atoms with E-state index in [-0.39, 0.29) is 5.91 Å². The predicted molar refractivity (Wildman–Crippen MR) is 92.0 cm³/mol. The van der Waals surface area contributed by atoms with Gasteiger partial charge in [0.2, 0.25) is 11.8 Å². The van der Waals surface area contributed by atoms with Crippen LogP contribution < -0.4 is 15.4 Å². The molecule has 0 saturated carbocycles. The number of methoxy groups -OCH3 is 1. The number of benzene rings is 1. The lowest BCUT2D eigenvalue weighted by molar-refractivity contribution is -0.114. The number of fused-ring (bicyclic) bond motifs is 1. The molecule has 0 fully saturated rings. The molecule has 0 bridgehead atoms. The van der Waals surface area contributed by atoms with Gasteiger partial charge >= 0.3 is 6.09 Å². The van der Waals surface area contributed by atoms with Gasteiger partial charge in [0.25, 0.3) is 0 Å². The molecule has 25 heavy (non-hydrogen) atoms. The maximum atomic E-state index is 11.3. The number of pyridine rings is 1. The summed E-state index contributed by atoms with van der Waals surface area (Å²) in [5, 5.41) is 5.20. The van der Waals surface area contributed by atoms with Crippen LogP contribution in [0.5, 0.6) is 11.6 Å². The van der Waals surface area contributed by atoms with E-state index in [0.717, 1.165) is 0 Å². The zero-order valence-corrected chi connectivity index (χ0v) is 13.6. The number of hydrogen-bond acceptors (Lipinski definition) is 5. The SMILES string of the molecule is COC(=O)Nc1cn2c(Oc3ccc(NC(C)=O)cc3)cccc2n1. The molecule has 2 heterocycles. The topological polar surface area (TPSA) is 94.0 Å². The van der Waals surface area contributed by atoms with Crippen molar-refractivity contribution in [3.8, 4) is 11.6 Å². The van der Waals surface area contributed by atoms with Crippen LogP contribution in [0.15, 0.2) is 48.7 Å². The van der Waals surface area contributed by atoms with Gasteiger partial charge in [0.15, 0.2) is 5.82 Å². The molecule has 128 valence electrons. The van der Waals surface area contributed by atoms with Crippen molar-refractivity contribution >= 4 is 29.2 Å². The molecule has 0 atom stereocenters. The second-order valence-electron chi connectivity index (χ2n) is 5.14. The Morgan fingerprint density at radius 1 is 1.08 bits per heavy atom. The summed E-state index contributed by atoms with van der Waals surface area (Å²) in [7, 11) is 1.28. The standard InChI is InChI=1S/C17H16N4O4/c1-11(22)18-12-6-8-13(9-7-12)25-16-5-3-4-15-19-14(10-21(15)16)20-17(23)24-2/h3-10H,1-2H3,(H,18,22)(H,20,23). The first kappa shape index (κ1) is 16.3. The molecule has 0 spiro atoms. The third-order valence-corrected chi connectivity index (χ3v) is 3.27. The maximum Gasteiger partial charge on any atom is 0.412 e. The molecule has 8 heteroatoms. The summed E-state index contributed by atoms with van der Waals surface area (Å²) in [6.07, 6.45) is 1.03. The molecule has 2 amide bonds. The Labute approximate surface area is 143 Å². The lowest BCUT2D eigenvalue weighted by Crippen LogP contribution is -2.10. The predicted octanol–water partition coefficient (Wildman–Crippen LogP) is 3.26. The fourth-order valence-electron chi connectivity index (χ4n) is 2.21. The number of hydrogen-bond donors (Lipinski definition) is 2. The van der Waals surface area contributed by atoms with Gasteiger partial charge in [-0.2, -0.15) is 0 Å². The first-order chi connectivity index (χ1) is 12.0. The van der Waals surface area contributed by atoms with E-state index in [2.05, 4.69) is 20.4 Å². The Morgan fingerprint density at radius 3 is 2.52 bits per heavy atom. The average molecular weight is 340 g/mol. The number of rotatable bonds is 4. The zero-order valence-electron chi connectivity index (χ0n) is 13.6. The number of anilines is 2. The van der Waals surface area contributed by atoms with Crippen LogP contribution in [-0.4, -0.2) is 28.5 Å². The Morgan fingerprint density at radius 2 is 1.84 bits per heavy atom. The number of nitrogens with zero attached hydrogens (tertiary/aromatic N) is 2. The molecule has 0 aliphatic carbocycles. The van der Waals surface area contributed by atoms with Crippen molar-refractivity contribution < 1.29 is 19.1 Å². The van der Waals surface area contributed by atoms with Crippen molar-refractivity contribution in [1.82, 2.24) is 9.38 Å². The third-order valence-electron chi connectivity index (χ3n) is 3.27. The number of imidazole rings is 1. The molecule has 0 unspecified atom stereocenters. The molecule has 0 radical (unpaired) electrons. The fourth-order valence-corrected chi connectivity index (χ4v) is 2.21. The maximum absolute atomic E-state index is 11.3. The summed E-state index contributed by atoms with van der Waals surface area (Å²) < 4.78 is 12.1. The second-order valence-corrected chi connectivity index (χ2v) is 5.14. The highest BCUT2D eigenvalue weighted by Gasteiger charge is 2.09. The summed E-state index contributed by atoms with van der Waals surface area (Å²) >= 11 is 0. The Kier molecular flexibility index (Phi) is 4.51. The van der Waals surface area contributed by atoms with Gasteiger partial charge in [-0.25, -0.2) is 9.78 Å². The number of carbonyl (C=O) groups is 2. The molecule has 2 N–H and O–H groups in total. The van der Waals surface area contributed by atoms with E-state index in [4.69, 9.17) is 4.74 Å². The van der Waals surface area contributed by atoms with Crippen LogP contribution in [0.25, 0.3) is 5.65 Å². The van der Waals surface area contributed by atoms with Crippen LogP contribution in [0.1, 0.15) is 6.92 Å².